The van der Waals surface area contributed by atoms with E-state index < -0.39 is 0 Å². The Hall–Kier alpha value is -3.92. The molecule has 1 heterocycles. The van der Waals surface area contributed by atoms with Crippen molar-refractivity contribution in [2.75, 3.05) is 0 Å². The number of allylic oxidation sites excluding steroid dienone is 2. The molecular weight excluding hydrogens is 446 g/mol. The standard InChI is InChI=1S/C32H31NO3/c1-21-11-15-25(16-12-21)30-31(26-17-13-22(2)14-18-26)36-32(33-30)29-10-5-4-8-27(29)19-24-7-6-9-28(20-24)35-23(3)34/h6-7,9-18,20,27H,4-5,8,19H2,1-3H3. The zero-order chi connectivity index (χ0) is 25.1. The van der Waals surface area contributed by atoms with Crippen LogP contribution in [0.4, 0.5) is 0 Å². The Morgan fingerprint density at radius 3 is 2.36 bits per heavy atom. The topological polar surface area (TPSA) is 52.3 Å². The molecule has 0 spiro atoms. The lowest BCUT2D eigenvalue weighted by atomic mass is 9.83. The summed E-state index contributed by atoms with van der Waals surface area (Å²) in [6, 6.07) is 24.7. The van der Waals surface area contributed by atoms with Crippen molar-refractivity contribution < 1.29 is 13.9 Å². The molecule has 0 N–H and O–H groups in total. The van der Waals surface area contributed by atoms with Crippen LogP contribution in [0.5, 0.6) is 5.75 Å². The highest BCUT2D eigenvalue weighted by Crippen LogP contribution is 2.40. The molecule has 0 aliphatic heterocycles. The third-order valence-electron chi connectivity index (χ3n) is 6.72. The molecule has 36 heavy (non-hydrogen) atoms. The van der Waals surface area contributed by atoms with Crippen molar-refractivity contribution in [2.24, 2.45) is 5.92 Å². The number of rotatable bonds is 6. The fourth-order valence-corrected chi connectivity index (χ4v) is 4.86. The molecule has 5 rings (SSSR count). The number of aromatic nitrogens is 1. The first-order chi connectivity index (χ1) is 17.5. The second-order valence-corrected chi connectivity index (χ2v) is 9.66. The van der Waals surface area contributed by atoms with Crippen LogP contribution in [0.15, 0.2) is 83.3 Å². The number of aryl methyl sites for hydroxylation is 2. The van der Waals surface area contributed by atoms with Crippen LogP contribution in [-0.4, -0.2) is 11.0 Å². The van der Waals surface area contributed by atoms with E-state index in [0.717, 1.165) is 59.4 Å². The van der Waals surface area contributed by atoms with Crippen molar-refractivity contribution in [3.8, 4) is 28.3 Å². The van der Waals surface area contributed by atoms with E-state index in [1.807, 2.05) is 18.2 Å². The van der Waals surface area contributed by atoms with E-state index in [1.165, 1.54) is 18.1 Å². The number of esters is 1. The van der Waals surface area contributed by atoms with Crippen LogP contribution in [0.1, 0.15) is 48.8 Å². The van der Waals surface area contributed by atoms with E-state index in [-0.39, 0.29) is 11.9 Å². The summed E-state index contributed by atoms with van der Waals surface area (Å²) < 4.78 is 11.9. The average Bonchev–Trinajstić information content (AvgIpc) is 3.30. The van der Waals surface area contributed by atoms with Gasteiger partial charge in [0.2, 0.25) is 5.89 Å². The summed E-state index contributed by atoms with van der Waals surface area (Å²) in [6.45, 7) is 5.60. The number of oxazole rings is 1. The van der Waals surface area contributed by atoms with E-state index in [4.69, 9.17) is 14.1 Å². The Morgan fingerprint density at radius 1 is 0.972 bits per heavy atom. The summed E-state index contributed by atoms with van der Waals surface area (Å²) in [4.78, 5) is 16.5. The van der Waals surface area contributed by atoms with Crippen LogP contribution in [0.25, 0.3) is 28.2 Å². The van der Waals surface area contributed by atoms with E-state index >= 15 is 0 Å². The molecule has 4 aromatic rings. The molecule has 4 heteroatoms. The Balaban J connectivity index is 1.52. The second-order valence-electron chi connectivity index (χ2n) is 9.66. The summed E-state index contributed by atoms with van der Waals surface area (Å²) in [6.07, 6.45) is 6.33. The molecule has 1 aromatic heterocycles. The molecule has 0 saturated heterocycles. The summed E-state index contributed by atoms with van der Waals surface area (Å²) in [5.74, 6) is 2.05. The first kappa shape index (κ1) is 23.8. The molecule has 1 atom stereocenters. The van der Waals surface area contributed by atoms with Crippen molar-refractivity contribution in [3.63, 3.8) is 0 Å². The number of hydrogen-bond donors (Lipinski definition) is 0. The molecule has 1 unspecified atom stereocenters. The number of ether oxygens (including phenoxy) is 1. The number of nitrogens with zero attached hydrogens (tertiary/aromatic N) is 1. The van der Waals surface area contributed by atoms with Gasteiger partial charge in [0.25, 0.3) is 0 Å². The first-order valence-corrected chi connectivity index (χ1v) is 12.6. The number of carbonyl (C=O) groups excluding carboxylic acids is 1. The van der Waals surface area contributed by atoms with Crippen LogP contribution in [-0.2, 0) is 11.2 Å². The maximum atomic E-state index is 11.4. The number of hydrogen-bond acceptors (Lipinski definition) is 4. The molecule has 0 bridgehead atoms. The van der Waals surface area contributed by atoms with Crippen molar-refractivity contribution in [1.82, 2.24) is 4.98 Å². The molecule has 0 radical (unpaired) electrons. The first-order valence-electron chi connectivity index (χ1n) is 12.6. The lowest BCUT2D eigenvalue weighted by Gasteiger charge is -2.22. The molecule has 0 saturated carbocycles. The number of carbonyl (C=O) groups is 1. The van der Waals surface area contributed by atoms with E-state index in [9.17, 15) is 4.79 Å². The Labute approximate surface area is 212 Å². The second kappa shape index (κ2) is 10.4. The van der Waals surface area contributed by atoms with Crippen molar-refractivity contribution in [3.05, 3.63) is 101 Å². The summed E-state index contributed by atoms with van der Waals surface area (Å²) in [5, 5.41) is 0. The summed E-state index contributed by atoms with van der Waals surface area (Å²) in [5.41, 5.74) is 7.66. The van der Waals surface area contributed by atoms with E-state index in [0.29, 0.717) is 11.6 Å². The molecular formula is C32H31NO3. The van der Waals surface area contributed by atoms with E-state index in [2.05, 4.69) is 74.5 Å². The van der Waals surface area contributed by atoms with E-state index in [1.54, 1.807) is 0 Å². The highest BCUT2D eigenvalue weighted by molar-refractivity contribution is 5.79. The molecule has 4 nitrogen and oxygen atoms in total. The molecule has 0 amide bonds. The highest BCUT2D eigenvalue weighted by Gasteiger charge is 2.26. The predicted octanol–water partition coefficient (Wildman–Crippen LogP) is 7.98. The van der Waals surface area contributed by atoms with Crippen molar-refractivity contribution in [1.29, 1.82) is 0 Å². The minimum absolute atomic E-state index is 0.279. The fourth-order valence-electron chi connectivity index (χ4n) is 4.86. The SMILES string of the molecule is CC(=O)Oc1cccc(CC2CCCC=C2c2nc(-c3ccc(C)cc3)c(-c3ccc(C)cc3)o2)c1. The normalized spacial score (nSPS) is 15.4. The molecule has 182 valence electrons. The molecule has 0 fully saturated rings. The van der Waals surface area contributed by atoms with Gasteiger partial charge in [-0.05, 0) is 63.1 Å². The van der Waals surface area contributed by atoms with Crippen LogP contribution < -0.4 is 4.74 Å². The van der Waals surface area contributed by atoms with Crippen LogP contribution in [0.3, 0.4) is 0 Å². The van der Waals surface area contributed by atoms with Crippen LogP contribution in [0, 0.1) is 19.8 Å². The lowest BCUT2D eigenvalue weighted by Crippen LogP contribution is -2.11. The smallest absolute Gasteiger partial charge is 0.308 e. The largest absolute Gasteiger partial charge is 0.436 e. The van der Waals surface area contributed by atoms with Gasteiger partial charge < -0.3 is 9.15 Å². The maximum Gasteiger partial charge on any atom is 0.308 e. The Morgan fingerprint density at radius 2 is 1.67 bits per heavy atom. The molecule has 1 aliphatic rings. The third-order valence-corrected chi connectivity index (χ3v) is 6.72. The van der Waals surface area contributed by atoms with Gasteiger partial charge in [0.15, 0.2) is 5.76 Å². The van der Waals surface area contributed by atoms with Gasteiger partial charge in [-0.2, -0.15) is 0 Å². The Kier molecular flexibility index (Phi) is 6.86. The van der Waals surface area contributed by atoms with Crippen LogP contribution in [0.2, 0.25) is 0 Å². The maximum absolute atomic E-state index is 11.4. The number of benzene rings is 3. The summed E-state index contributed by atoms with van der Waals surface area (Å²) >= 11 is 0. The van der Waals surface area contributed by atoms with Gasteiger partial charge in [-0.15, -0.1) is 0 Å². The van der Waals surface area contributed by atoms with Gasteiger partial charge in [0.05, 0.1) is 0 Å². The summed E-state index contributed by atoms with van der Waals surface area (Å²) in [7, 11) is 0. The molecule has 3 aromatic carbocycles. The van der Waals surface area contributed by atoms with Gasteiger partial charge in [-0.1, -0.05) is 77.9 Å². The van der Waals surface area contributed by atoms with Gasteiger partial charge in [-0.3, -0.25) is 4.79 Å². The quantitative estimate of drug-likeness (QED) is 0.209. The van der Waals surface area contributed by atoms with Crippen molar-refractivity contribution >= 4 is 11.5 Å². The lowest BCUT2D eigenvalue weighted by molar-refractivity contribution is -0.131. The zero-order valence-electron chi connectivity index (χ0n) is 21.1. The minimum Gasteiger partial charge on any atom is -0.436 e. The Bertz CT molecular complexity index is 1330. The zero-order valence-corrected chi connectivity index (χ0v) is 21.1. The van der Waals surface area contributed by atoms with Crippen molar-refractivity contribution in [2.45, 2.75) is 46.5 Å². The predicted molar refractivity (Wildman–Crippen MR) is 144 cm³/mol. The highest BCUT2D eigenvalue weighted by atomic mass is 16.5. The third kappa shape index (κ3) is 5.33. The molecule has 1 aliphatic carbocycles. The monoisotopic (exact) mass is 477 g/mol. The van der Waals surface area contributed by atoms with Gasteiger partial charge in [0, 0.05) is 23.6 Å². The fraction of sp³-hybridized carbons (Fsp3) is 0.250. The van der Waals surface area contributed by atoms with Gasteiger partial charge in [-0.25, -0.2) is 4.98 Å². The average molecular weight is 478 g/mol. The van der Waals surface area contributed by atoms with Gasteiger partial charge in [0.1, 0.15) is 11.4 Å². The van der Waals surface area contributed by atoms with Gasteiger partial charge >= 0.3 is 5.97 Å². The minimum atomic E-state index is -0.308. The van der Waals surface area contributed by atoms with Crippen LogP contribution >= 0.6 is 0 Å².